The summed E-state index contributed by atoms with van der Waals surface area (Å²) in [5, 5.41) is 0.739. The molecule has 2 aromatic carbocycles. The lowest BCUT2D eigenvalue weighted by atomic mass is 9.75. The molecule has 5 rings (SSSR count). The van der Waals surface area contributed by atoms with Crippen LogP contribution in [0.2, 0.25) is 5.02 Å². The zero-order valence-electron chi connectivity index (χ0n) is 18.2. The number of sulfonamides is 1. The van der Waals surface area contributed by atoms with E-state index in [1.807, 2.05) is 0 Å². The number of primary amides is 1. The third-order valence-electron chi connectivity index (χ3n) is 5.94. The van der Waals surface area contributed by atoms with Gasteiger partial charge in [0.1, 0.15) is 4.90 Å². The highest BCUT2D eigenvalue weighted by molar-refractivity contribution is 7.93. The van der Waals surface area contributed by atoms with E-state index in [9.17, 15) is 18.0 Å². The molecule has 35 heavy (non-hydrogen) atoms. The molecule has 0 saturated heterocycles. The van der Waals surface area contributed by atoms with Gasteiger partial charge in [0, 0.05) is 33.9 Å². The molecule has 0 bridgehead atoms. The van der Waals surface area contributed by atoms with Crippen LogP contribution in [0.15, 0.2) is 78.0 Å². The lowest BCUT2D eigenvalue weighted by Gasteiger charge is -2.27. The van der Waals surface area contributed by atoms with Crippen LogP contribution >= 0.6 is 11.6 Å². The molecular weight excluding hydrogens is 492 g/mol. The monoisotopic (exact) mass is 508 g/mol. The first-order valence-electron chi connectivity index (χ1n) is 10.3. The number of fused-ring (bicyclic) bond motifs is 2. The maximum atomic E-state index is 14.2. The average molecular weight is 509 g/mol. The summed E-state index contributed by atoms with van der Waals surface area (Å²) < 4.78 is 34.0. The average Bonchev–Trinajstić information content (AvgIpc) is 3.12. The minimum absolute atomic E-state index is 0.00254. The Morgan fingerprint density at radius 3 is 2.49 bits per heavy atom. The summed E-state index contributed by atoms with van der Waals surface area (Å²) in [4.78, 5) is 35.4. The number of nitrogens with two attached hydrogens (primary N) is 1. The molecule has 1 aliphatic rings. The summed E-state index contributed by atoms with van der Waals surface area (Å²) >= 11 is 6.23. The molecule has 0 fully saturated rings. The van der Waals surface area contributed by atoms with Gasteiger partial charge in [-0.15, -0.1) is 0 Å². The van der Waals surface area contributed by atoms with Gasteiger partial charge in [-0.25, -0.2) is 17.7 Å². The third-order valence-corrected chi connectivity index (χ3v) is 7.90. The number of hydrogen-bond acceptors (Lipinski definition) is 7. The van der Waals surface area contributed by atoms with E-state index in [1.54, 1.807) is 24.3 Å². The van der Waals surface area contributed by atoms with Crippen LogP contribution < -0.4 is 14.8 Å². The lowest BCUT2D eigenvalue weighted by molar-refractivity contribution is -0.131. The number of aromatic nitrogens is 2. The van der Waals surface area contributed by atoms with E-state index < -0.39 is 27.3 Å². The Kier molecular flexibility index (Phi) is 5.22. The second kappa shape index (κ2) is 8.03. The minimum Gasteiger partial charge on any atom is -0.481 e. The molecule has 0 saturated carbocycles. The van der Waals surface area contributed by atoms with Crippen molar-refractivity contribution in [3.63, 3.8) is 0 Å². The van der Waals surface area contributed by atoms with Crippen molar-refractivity contribution in [1.82, 2.24) is 9.97 Å². The predicted molar refractivity (Wildman–Crippen MR) is 129 cm³/mol. The van der Waals surface area contributed by atoms with Gasteiger partial charge in [-0.1, -0.05) is 35.9 Å². The Hall–Kier alpha value is -4.02. The van der Waals surface area contributed by atoms with Crippen molar-refractivity contribution in [3.8, 4) is 5.88 Å². The molecule has 176 valence electrons. The molecule has 3 heterocycles. The van der Waals surface area contributed by atoms with Crippen LogP contribution in [0, 0.1) is 0 Å². The number of pyridine rings is 2. The van der Waals surface area contributed by atoms with Crippen LogP contribution in [0.1, 0.15) is 11.1 Å². The number of hydrogen-bond donors (Lipinski definition) is 1. The molecule has 4 aromatic rings. The number of methoxy groups -OCH3 is 1. The molecule has 1 atom stereocenters. The van der Waals surface area contributed by atoms with Gasteiger partial charge in [0.15, 0.2) is 5.41 Å². The topological polar surface area (TPSA) is 133 Å². The Balaban J connectivity index is 1.85. The minimum atomic E-state index is -4.56. The van der Waals surface area contributed by atoms with Gasteiger partial charge >= 0.3 is 0 Å². The van der Waals surface area contributed by atoms with Crippen LogP contribution in [-0.2, 0) is 25.0 Å². The first kappa shape index (κ1) is 22.8. The standard InChI is InChI=1S/C24H17ClN4O5S/c1-34-21-16(7-4-12-28-21)24(22(26)30)17-13-15(25)9-10-18(17)29(23(24)31)35(32,33)19-8-2-5-14-6-3-11-27-20(14)19/h2-13H,1H3,(H2,26,30). The Morgan fingerprint density at radius 2 is 1.74 bits per heavy atom. The van der Waals surface area contributed by atoms with Gasteiger partial charge in [0.2, 0.25) is 11.8 Å². The van der Waals surface area contributed by atoms with Crippen molar-refractivity contribution in [1.29, 1.82) is 0 Å². The quantitative estimate of drug-likeness (QED) is 0.410. The van der Waals surface area contributed by atoms with Crippen molar-refractivity contribution < 1.29 is 22.7 Å². The van der Waals surface area contributed by atoms with E-state index >= 15 is 0 Å². The molecule has 0 spiro atoms. The van der Waals surface area contributed by atoms with Crippen molar-refractivity contribution in [2.75, 3.05) is 11.4 Å². The van der Waals surface area contributed by atoms with Gasteiger partial charge in [-0.05, 0) is 36.4 Å². The highest BCUT2D eigenvalue weighted by atomic mass is 35.5. The predicted octanol–water partition coefficient (Wildman–Crippen LogP) is 2.80. The van der Waals surface area contributed by atoms with Crippen LogP contribution in [-0.4, -0.2) is 37.3 Å². The molecule has 1 unspecified atom stereocenters. The van der Waals surface area contributed by atoms with E-state index in [-0.39, 0.29) is 38.1 Å². The smallest absolute Gasteiger partial charge is 0.273 e. The normalized spacial score (nSPS) is 17.4. The van der Waals surface area contributed by atoms with E-state index in [4.69, 9.17) is 22.1 Å². The first-order valence-corrected chi connectivity index (χ1v) is 12.1. The van der Waals surface area contributed by atoms with Crippen LogP contribution in [0.3, 0.4) is 0 Å². The summed E-state index contributed by atoms with van der Waals surface area (Å²) in [7, 11) is -3.25. The first-order chi connectivity index (χ1) is 16.7. The van der Waals surface area contributed by atoms with Crippen LogP contribution in [0.25, 0.3) is 10.9 Å². The molecule has 2 aromatic heterocycles. The number of nitrogens with zero attached hydrogens (tertiary/aromatic N) is 3. The molecule has 9 nitrogen and oxygen atoms in total. The Bertz CT molecular complexity index is 1640. The number of anilines is 1. The number of para-hydroxylation sites is 1. The van der Waals surface area contributed by atoms with Crippen LogP contribution in [0.4, 0.5) is 5.69 Å². The van der Waals surface area contributed by atoms with Crippen molar-refractivity contribution in [2.45, 2.75) is 10.3 Å². The molecule has 0 aliphatic carbocycles. The largest absolute Gasteiger partial charge is 0.481 e. The molecule has 1 aliphatic heterocycles. The maximum absolute atomic E-state index is 14.2. The number of carbonyl (C=O) groups excluding carboxylic acids is 2. The molecule has 2 N–H and O–H groups in total. The van der Waals surface area contributed by atoms with Gasteiger partial charge in [-0.2, -0.15) is 0 Å². The van der Waals surface area contributed by atoms with E-state index in [0.29, 0.717) is 9.69 Å². The zero-order chi connectivity index (χ0) is 25.0. The summed E-state index contributed by atoms with van der Waals surface area (Å²) in [6.07, 6.45) is 2.86. The third kappa shape index (κ3) is 3.10. The second-order valence-electron chi connectivity index (χ2n) is 7.74. The Labute approximate surface area is 205 Å². The molecule has 11 heteroatoms. The molecular formula is C24H17ClN4O5S. The fraction of sp³-hybridized carbons (Fsp3) is 0.0833. The van der Waals surface area contributed by atoms with Gasteiger partial charge in [0.05, 0.1) is 18.3 Å². The summed E-state index contributed by atoms with van der Waals surface area (Å²) in [6.45, 7) is 0. The van der Waals surface area contributed by atoms with E-state index in [0.717, 1.165) is 0 Å². The zero-order valence-corrected chi connectivity index (χ0v) is 19.7. The fourth-order valence-electron chi connectivity index (χ4n) is 4.45. The van der Waals surface area contributed by atoms with Crippen molar-refractivity contribution in [2.24, 2.45) is 5.73 Å². The summed E-state index contributed by atoms with van der Waals surface area (Å²) in [6, 6.07) is 15.0. The fourth-order valence-corrected chi connectivity index (χ4v) is 6.26. The number of carbonyl (C=O) groups is 2. The Morgan fingerprint density at radius 1 is 1.03 bits per heavy atom. The van der Waals surface area contributed by atoms with Crippen molar-refractivity contribution in [3.05, 3.63) is 89.2 Å². The lowest BCUT2D eigenvalue weighted by Crippen LogP contribution is -2.51. The second-order valence-corrected chi connectivity index (χ2v) is 9.93. The number of halogens is 1. The maximum Gasteiger partial charge on any atom is 0.273 e. The van der Waals surface area contributed by atoms with Crippen molar-refractivity contribution >= 4 is 50.0 Å². The van der Waals surface area contributed by atoms with Gasteiger partial charge < -0.3 is 10.5 Å². The number of ether oxygens (including phenoxy) is 1. The number of amides is 2. The summed E-state index contributed by atoms with van der Waals surface area (Å²) in [5.41, 5.74) is 3.72. The van der Waals surface area contributed by atoms with Gasteiger partial charge in [-0.3, -0.25) is 14.6 Å². The highest BCUT2D eigenvalue weighted by Crippen LogP contribution is 2.51. The van der Waals surface area contributed by atoms with E-state index in [2.05, 4.69) is 9.97 Å². The number of benzene rings is 2. The molecule has 2 amide bonds. The van der Waals surface area contributed by atoms with Crippen LogP contribution in [0.5, 0.6) is 5.88 Å². The summed E-state index contributed by atoms with van der Waals surface area (Å²) in [5.74, 6) is -2.26. The molecule has 0 radical (unpaired) electrons. The number of rotatable bonds is 5. The SMILES string of the molecule is COc1ncccc1C1(C(N)=O)C(=O)N(S(=O)(=O)c2cccc3cccnc23)c2ccc(Cl)cc21. The van der Waals surface area contributed by atoms with Gasteiger partial charge in [0.25, 0.3) is 15.9 Å². The highest BCUT2D eigenvalue weighted by Gasteiger charge is 2.61. The van der Waals surface area contributed by atoms with E-state index in [1.165, 1.54) is 55.9 Å².